The average molecular weight is 234 g/mol. The maximum Gasteiger partial charge on any atom is 0.274 e. The average Bonchev–Trinajstić information content (AvgIpc) is 2.27. The fourth-order valence-electron chi connectivity index (χ4n) is 1.74. The molecule has 0 spiro atoms. The molecule has 0 N–H and O–H groups in total. The molecule has 1 aliphatic heterocycles. The molecule has 0 aromatic carbocycles. The minimum absolute atomic E-state index is 0.0631. The Morgan fingerprint density at radius 3 is 2.59 bits per heavy atom. The quantitative estimate of drug-likeness (QED) is 0.700. The first-order chi connectivity index (χ1) is 8.09. The number of hydrogen-bond acceptors (Lipinski definition) is 4. The number of aromatic nitrogens is 2. The van der Waals surface area contributed by atoms with E-state index in [0.29, 0.717) is 18.8 Å². The van der Waals surface area contributed by atoms with Crippen LogP contribution in [0.15, 0.2) is 18.6 Å². The first kappa shape index (κ1) is 11.5. The second-order valence-corrected chi connectivity index (χ2v) is 4.23. The first-order valence-electron chi connectivity index (χ1n) is 5.36. The van der Waals surface area contributed by atoms with Gasteiger partial charge in [-0.15, -0.1) is 0 Å². The Bertz CT molecular complexity index is 426. The van der Waals surface area contributed by atoms with Gasteiger partial charge in [-0.1, -0.05) is 0 Å². The normalized spacial score (nSPS) is 15.3. The predicted octanol–water partition coefficient (Wildman–Crippen LogP) is -0.363. The Kier molecular flexibility index (Phi) is 3.03. The molecule has 2 amide bonds. The predicted molar refractivity (Wildman–Crippen MR) is 60.1 cm³/mol. The van der Waals surface area contributed by atoms with E-state index in [1.165, 1.54) is 18.6 Å². The zero-order valence-corrected chi connectivity index (χ0v) is 9.83. The number of carbonyl (C=O) groups is 2. The molecule has 6 heteroatoms. The summed E-state index contributed by atoms with van der Waals surface area (Å²) in [6.07, 6.45) is 4.43. The standard InChI is InChI=1S/C11H14N4O2/c1-14(2)10(16)8-6-15(7-8)11(17)9-5-12-3-4-13-9/h3-5,8H,6-7H2,1-2H3. The van der Waals surface area contributed by atoms with E-state index in [0.717, 1.165) is 0 Å². The first-order valence-corrected chi connectivity index (χ1v) is 5.36. The summed E-state index contributed by atoms with van der Waals surface area (Å²) in [4.78, 5) is 34.4. The van der Waals surface area contributed by atoms with Gasteiger partial charge in [0.1, 0.15) is 5.69 Å². The lowest BCUT2D eigenvalue weighted by Crippen LogP contribution is -2.55. The van der Waals surface area contributed by atoms with Gasteiger partial charge >= 0.3 is 0 Å². The summed E-state index contributed by atoms with van der Waals surface area (Å²) in [5.74, 6) is -0.181. The van der Waals surface area contributed by atoms with Gasteiger partial charge in [0.05, 0.1) is 12.1 Å². The third-order valence-corrected chi connectivity index (χ3v) is 2.74. The molecule has 1 saturated heterocycles. The molecule has 0 unspecified atom stereocenters. The van der Waals surface area contributed by atoms with Crippen LogP contribution in [0.3, 0.4) is 0 Å². The molecule has 1 aromatic rings. The Morgan fingerprint density at radius 2 is 2.06 bits per heavy atom. The number of hydrogen-bond donors (Lipinski definition) is 0. The van der Waals surface area contributed by atoms with E-state index in [1.54, 1.807) is 23.9 Å². The summed E-state index contributed by atoms with van der Waals surface area (Å²) < 4.78 is 0. The summed E-state index contributed by atoms with van der Waals surface area (Å²) >= 11 is 0. The fraction of sp³-hybridized carbons (Fsp3) is 0.455. The molecule has 0 radical (unpaired) electrons. The van der Waals surface area contributed by atoms with Crippen LogP contribution in [0.25, 0.3) is 0 Å². The van der Waals surface area contributed by atoms with E-state index < -0.39 is 0 Å². The molecule has 0 bridgehead atoms. The number of likely N-dealkylation sites (tertiary alicyclic amines) is 1. The van der Waals surface area contributed by atoms with Crippen molar-refractivity contribution < 1.29 is 9.59 Å². The van der Waals surface area contributed by atoms with Gasteiger partial charge in [-0.2, -0.15) is 0 Å². The topological polar surface area (TPSA) is 66.4 Å². The Hall–Kier alpha value is -1.98. The number of nitrogens with zero attached hydrogens (tertiary/aromatic N) is 4. The van der Waals surface area contributed by atoms with Crippen LogP contribution in [-0.2, 0) is 4.79 Å². The third-order valence-electron chi connectivity index (χ3n) is 2.74. The van der Waals surface area contributed by atoms with E-state index in [1.807, 2.05) is 0 Å². The molecule has 17 heavy (non-hydrogen) atoms. The van der Waals surface area contributed by atoms with Crippen LogP contribution in [0, 0.1) is 5.92 Å². The van der Waals surface area contributed by atoms with E-state index in [9.17, 15) is 9.59 Å². The highest BCUT2D eigenvalue weighted by Crippen LogP contribution is 2.19. The van der Waals surface area contributed by atoms with Crippen molar-refractivity contribution >= 4 is 11.8 Å². The molecule has 0 saturated carbocycles. The van der Waals surface area contributed by atoms with Gasteiger partial charge in [0.2, 0.25) is 5.91 Å². The van der Waals surface area contributed by atoms with Crippen molar-refractivity contribution in [2.24, 2.45) is 5.92 Å². The minimum Gasteiger partial charge on any atom is -0.348 e. The zero-order valence-electron chi connectivity index (χ0n) is 9.83. The van der Waals surface area contributed by atoms with Crippen molar-refractivity contribution in [3.05, 3.63) is 24.3 Å². The van der Waals surface area contributed by atoms with Crippen molar-refractivity contribution in [3.63, 3.8) is 0 Å². The monoisotopic (exact) mass is 234 g/mol. The van der Waals surface area contributed by atoms with E-state index in [4.69, 9.17) is 0 Å². The Labute approximate surface area is 99.3 Å². The van der Waals surface area contributed by atoms with Gasteiger partial charge in [0, 0.05) is 39.6 Å². The molecule has 2 rings (SSSR count). The molecule has 1 aliphatic rings. The molecule has 6 nitrogen and oxygen atoms in total. The lowest BCUT2D eigenvalue weighted by atomic mass is 9.98. The van der Waals surface area contributed by atoms with Crippen molar-refractivity contribution in [2.75, 3.05) is 27.2 Å². The van der Waals surface area contributed by atoms with Gasteiger partial charge in [0.25, 0.3) is 5.91 Å². The smallest absolute Gasteiger partial charge is 0.274 e. The lowest BCUT2D eigenvalue weighted by molar-refractivity contribution is -0.137. The van der Waals surface area contributed by atoms with Crippen molar-refractivity contribution in [1.82, 2.24) is 19.8 Å². The van der Waals surface area contributed by atoms with Gasteiger partial charge in [-0.05, 0) is 0 Å². The Balaban J connectivity index is 1.92. The van der Waals surface area contributed by atoms with Crippen LogP contribution in [-0.4, -0.2) is 58.8 Å². The van der Waals surface area contributed by atoms with Crippen LogP contribution in [0.4, 0.5) is 0 Å². The van der Waals surface area contributed by atoms with E-state index >= 15 is 0 Å². The summed E-state index contributed by atoms with van der Waals surface area (Å²) in [7, 11) is 3.44. The molecule has 0 aliphatic carbocycles. The number of rotatable bonds is 2. The van der Waals surface area contributed by atoms with Crippen LogP contribution in [0.5, 0.6) is 0 Å². The highest BCUT2D eigenvalue weighted by molar-refractivity contribution is 5.94. The maximum atomic E-state index is 11.9. The summed E-state index contributed by atoms with van der Waals surface area (Å²) in [6, 6.07) is 0. The van der Waals surface area contributed by atoms with Crippen LogP contribution < -0.4 is 0 Å². The lowest BCUT2D eigenvalue weighted by Gasteiger charge is -2.38. The third kappa shape index (κ3) is 2.25. The highest BCUT2D eigenvalue weighted by atomic mass is 16.2. The van der Waals surface area contributed by atoms with Gasteiger partial charge in [-0.25, -0.2) is 4.98 Å². The second-order valence-electron chi connectivity index (χ2n) is 4.23. The Morgan fingerprint density at radius 1 is 1.35 bits per heavy atom. The highest BCUT2D eigenvalue weighted by Gasteiger charge is 2.37. The number of carbonyl (C=O) groups excluding carboxylic acids is 2. The van der Waals surface area contributed by atoms with Crippen LogP contribution >= 0.6 is 0 Å². The molecule has 90 valence electrons. The van der Waals surface area contributed by atoms with E-state index in [2.05, 4.69) is 9.97 Å². The van der Waals surface area contributed by atoms with Gasteiger partial charge < -0.3 is 9.80 Å². The molecule has 1 aromatic heterocycles. The molecular weight excluding hydrogens is 220 g/mol. The zero-order chi connectivity index (χ0) is 12.4. The van der Waals surface area contributed by atoms with E-state index in [-0.39, 0.29) is 17.7 Å². The largest absolute Gasteiger partial charge is 0.348 e. The molecule has 0 atom stereocenters. The summed E-state index contributed by atoms with van der Waals surface area (Å²) in [6.45, 7) is 0.929. The van der Waals surface area contributed by atoms with Crippen molar-refractivity contribution in [3.8, 4) is 0 Å². The van der Waals surface area contributed by atoms with Crippen LogP contribution in [0.2, 0.25) is 0 Å². The van der Waals surface area contributed by atoms with Gasteiger partial charge in [-0.3, -0.25) is 14.6 Å². The van der Waals surface area contributed by atoms with Crippen LogP contribution in [0.1, 0.15) is 10.5 Å². The molecular formula is C11H14N4O2. The number of amides is 2. The molecule has 1 fully saturated rings. The summed E-state index contributed by atoms with van der Waals surface area (Å²) in [5.41, 5.74) is 0.322. The fourth-order valence-corrected chi connectivity index (χ4v) is 1.74. The molecule has 2 heterocycles. The van der Waals surface area contributed by atoms with Crippen molar-refractivity contribution in [1.29, 1.82) is 0 Å². The van der Waals surface area contributed by atoms with Crippen molar-refractivity contribution in [2.45, 2.75) is 0 Å². The minimum atomic E-state index is -0.166. The maximum absolute atomic E-state index is 11.9. The second kappa shape index (κ2) is 4.48. The summed E-state index contributed by atoms with van der Waals surface area (Å²) in [5, 5.41) is 0. The van der Waals surface area contributed by atoms with Gasteiger partial charge in [0.15, 0.2) is 0 Å². The SMILES string of the molecule is CN(C)C(=O)C1CN(C(=O)c2cnccn2)C1.